The van der Waals surface area contributed by atoms with Crippen molar-refractivity contribution in [2.45, 2.75) is 19.3 Å². The van der Waals surface area contributed by atoms with Crippen molar-refractivity contribution in [2.75, 3.05) is 13.1 Å². The second-order valence-electron chi connectivity index (χ2n) is 6.36. The molecule has 0 aliphatic rings. The van der Waals surface area contributed by atoms with Gasteiger partial charge < -0.3 is 15.6 Å². The Morgan fingerprint density at radius 2 is 1.64 bits per heavy atom. The number of aromatic nitrogens is 2. The van der Waals surface area contributed by atoms with Crippen molar-refractivity contribution in [2.24, 2.45) is 0 Å². The van der Waals surface area contributed by atoms with Gasteiger partial charge in [0.15, 0.2) is 0 Å². The minimum atomic E-state index is -0.167. The molecule has 1 aromatic heterocycles. The van der Waals surface area contributed by atoms with E-state index in [1.165, 1.54) is 0 Å². The number of carbonyl (C=O) groups excluding carboxylic acids is 2. The van der Waals surface area contributed by atoms with Crippen LogP contribution in [0.1, 0.15) is 29.0 Å². The number of nitrogens with one attached hydrogen (secondary N) is 3. The van der Waals surface area contributed by atoms with E-state index in [1.54, 1.807) is 42.5 Å². The molecule has 0 saturated carbocycles. The number of H-pyrrole nitrogens is 1. The fourth-order valence-corrected chi connectivity index (χ4v) is 2.83. The topological polar surface area (TPSA) is 104 Å². The van der Waals surface area contributed by atoms with Gasteiger partial charge in [-0.2, -0.15) is 0 Å². The number of aryl methyl sites for hydroxylation is 1. The lowest BCUT2D eigenvalue weighted by atomic mass is 10.2. The summed E-state index contributed by atoms with van der Waals surface area (Å²) in [7, 11) is 0. The quantitative estimate of drug-likeness (QED) is 0.520. The Balaban J connectivity index is 1.37. The van der Waals surface area contributed by atoms with E-state index in [0.29, 0.717) is 54.6 Å². The van der Waals surface area contributed by atoms with Crippen molar-refractivity contribution in [3.05, 3.63) is 76.3 Å². The zero-order valence-electron chi connectivity index (χ0n) is 15.4. The summed E-state index contributed by atoms with van der Waals surface area (Å²) in [6, 6.07) is 16.1. The summed E-state index contributed by atoms with van der Waals surface area (Å²) in [6.45, 7) is 0.724. The lowest BCUT2D eigenvalue weighted by Gasteiger charge is -2.07. The van der Waals surface area contributed by atoms with Crippen LogP contribution in [-0.2, 0) is 11.2 Å². The van der Waals surface area contributed by atoms with Crippen LogP contribution in [0.2, 0.25) is 0 Å². The third-order valence-electron chi connectivity index (χ3n) is 4.25. The molecule has 3 N–H and O–H groups in total. The van der Waals surface area contributed by atoms with E-state index in [9.17, 15) is 14.4 Å². The molecule has 0 saturated heterocycles. The van der Waals surface area contributed by atoms with Crippen molar-refractivity contribution < 1.29 is 9.59 Å². The number of hydrogen-bond acceptors (Lipinski definition) is 4. The number of carbonyl (C=O) groups is 2. The number of hydrogen-bond donors (Lipinski definition) is 3. The average molecular weight is 378 g/mol. The number of para-hydroxylation sites is 1. The van der Waals surface area contributed by atoms with Crippen LogP contribution < -0.4 is 16.2 Å². The number of aromatic amines is 1. The van der Waals surface area contributed by atoms with Gasteiger partial charge in [-0.25, -0.2) is 4.98 Å². The van der Waals surface area contributed by atoms with Crippen LogP contribution in [0.5, 0.6) is 0 Å². The van der Waals surface area contributed by atoms with Gasteiger partial charge in [0.25, 0.3) is 11.5 Å². The maximum absolute atomic E-state index is 12.0. The van der Waals surface area contributed by atoms with Crippen LogP contribution in [0.4, 0.5) is 0 Å². The van der Waals surface area contributed by atoms with Crippen LogP contribution in [0.15, 0.2) is 59.4 Å². The van der Waals surface area contributed by atoms with Crippen LogP contribution in [-0.4, -0.2) is 34.9 Å². The van der Waals surface area contributed by atoms with Crippen molar-refractivity contribution in [3.8, 4) is 0 Å². The van der Waals surface area contributed by atoms with E-state index in [2.05, 4.69) is 20.6 Å². The van der Waals surface area contributed by atoms with Gasteiger partial charge in [0, 0.05) is 31.5 Å². The highest BCUT2D eigenvalue weighted by molar-refractivity contribution is 5.94. The molecule has 2 aromatic carbocycles. The van der Waals surface area contributed by atoms with Crippen molar-refractivity contribution >= 4 is 22.7 Å². The van der Waals surface area contributed by atoms with Crippen LogP contribution >= 0.6 is 0 Å². The van der Waals surface area contributed by atoms with Gasteiger partial charge in [0.2, 0.25) is 5.91 Å². The van der Waals surface area contributed by atoms with E-state index in [4.69, 9.17) is 0 Å². The standard InChI is InChI=1S/C21H22N4O3/c26-19(22-13-14-23-20(27)15-7-2-1-3-8-15)12-6-11-18-24-17-10-5-4-9-16(17)21(28)25-18/h1-5,7-10H,6,11-14H2,(H,22,26)(H,23,27)(H,24,25,28). The van der Waals surface area contributed by atoms with E-state index in [0.717, 1.165) is 0 Å². The monoisotopic (exact) mass is 378 g/mol. The molecule has 0 fully saturated rings. The minimum Gasteiger partial charge on any atom is -0.354 e. The highest BCUT2D eigenvalue weighted by atomic mass is 16.2. The van der Waals surface area contributed by atoms with Gasteiger partial charge in [-0.1, -0.05) is 30.3 Å². The predicted molar refractivity (Wildman–Crippen MR) is 107 cm³/mol. The zero-order chi connectivity index (χ0) is 19.8. The number of rotatable bonds is 8. The lowest BCUT2D eigenvalue weighted by molar-refractivity contribution is -0.121. The van der Waals surface area contributed by atoms with E-state index >= 15 is 0 Å². The summed E-state index contributed by atoms with van der Waals surface area (Å²) >= 11 is 0. The maximum atomic E-state index is 12.0. The Morgan fingerprint density at radius 1 is 0.929 bits per heavy atom. The summed E-state index contributed by atoms with van der Waals surface area (Å²) < 4.78 is 0. The van der Waals surface area contributed by atoms with Crippen LogP contribution in [0.25, 0.3) is 10.9 Å². The smallest absolute Gasteiger partial charge is 0.258 e. The molecule has 0 radical (unpaired) electrons. The Bertz CT molecular complexity index is 1010. The van der Waals surface area contributed by atoms with Gasteiger partial charge >= 0.3 is 0 Å². The molecule has 0 aliphatic heterocycles. The summed E-state index contributed by atoms with van der Waals surface area (Å²) in [5, 5.41) is 6.08. The first-order valence-corrected chi connectivity index (χ1v) is 9.21. The summed E-state index contributed by atoms with van der Waals surface area (Å²) in [6.07, 6.45) is 1.41. The average Bonchev–Trinajstić information content (AvgIpc) is 2.72. The number of fused-ring (bicyclic) bond motifs is 1. The highest BCUT2D eigenvalue weighted by Gasteiger charge is 2.06. The Morgan fingerprint density at radius 3 is 2.46 bits per heavy atom. The van der Waals surface area contributed by atoms with Crippen molar-refractivity contribution in [3.63, 3.8) is 0 Å². The Labute approximate surface area is 162 Å². The molecular formula is C21H22N4O3. The normalized spacial score (nSPS) is 10.6. The van der Waals surface area contributed by atoms with Crippen molar-refractivity contribution in [1.29, 1.82) is 0 Å². The van der Waals surface area contributed by atoms with Crippen LogP contribution in [0, 0.1) is 0 Å². The van der Waals surface area contributed by atoms with Gasteiger partial charge in [-0.15, -0.1) is 0 Å². The van der Waals surface area contributed by atoms with Gasteiger partial charge in [0.1, 0.15) is 5.82 Å². The Hall–Kier alpha value is -3.48. The zero-order valence-corrected chi connectivity index (χ0v) is 15.4. The molecule has 0 aliphatic carbocycles. The summed E-state index contributed by atoms with van der Waals surface area (Å²) in [4.78, 5) is 43.0. The first kappa shape index (κ1) is 19.3. The van der Waals surface area contributed by atoms with Gasteiger partial charge in [0.05, 0.1) is 10.9 Å². The maximum Gasteiger partial charge on any atom is 0.258 e. The molecule has 28 heavy (non-hydrogen) atoms. The number of amides is 2. The molecule has 0 atom stereocenters. The first-order valence-electron chi connectivity index (χ1n) is 9.21. The fourth-order valence-electron chi connectivity index (χ4n) is 2.83. The first-order chi connectivity index (χ1) is 13.6. The summed E-state index contributed by atoms with van der Waals surface area (Å²) in [5.74, 6) is 0.310. The summed E-state index contributed by atoms with van der Waals surface area (Å²) in [5.41, 5.74) is 1.07. The molecule has 3 aromatic rings. The molecule has 0 spiro atoms. The van der Waals surface area contributed by atoms with E-state index < -0.39 is 0 Å². The predicted octanol–water partition coefficient (Wildman–Crippen LogP) is 1.79. The second kappa shape index (κ2) is 9.45. The minimum absolute atomic E-state index is 0.0999. The molecule has 1 heterocycles. The SMILES string of the molecule is O=C(CCCc1nc2ccccc2c(=O)[nH]1)NCCNC(=O)c1ccccc1. The molecule has 144 valence electrons. The molecular weight excluding hydrogens is 356 g/mol. The van der Waals surface area contributed by atoms with E-state index in [-0.39, 0.29) is 17.4 Å². The molecule has 7 nitrogen and oxygen atoms in total. The van der Waals surface area contributed by atoms with Crippen molar-refractivity contribution in [1.82, 2.24) is 20.6 Å². The molecule has 3 rings (SSSR count). The lowest BCUT2D eigenvalue weighted by Crippen LogP contribution is -2.34. The Kier molecular flexibility index (Phi) is 6.51. The second-order valence-corrected chi connectivity index (χ2v) is 6.36. The molecule has 2 amide bonds. The third kappa shape index (κ3) is 5.26. The molecule has 0 bridgehead atoms. The third-order valence-corrected chi connectivity index (χ3v) is 4.25. The highest BCUT2D eigenvalue weighted by Crippen LogP contribution is 2.07. The molecule has 7 heteroatoms. The number of benzene rings is 2. The fraction of sp³-hybridized carbons (Fsp3) is 0.238. The largest absolute Gasteiger partial charge is 0.354 e. The molecule has 0 unspecified atom stereocenters. The van der Waals surface area contributed by atoms with Crippen LogP contribution in [0.3, 0.4) is 0 Å². The number of nitrogens with zero attached hydrogens (tertiary/aromatic N) is 1. The van der Waals surface area contributed by atoms with Gasteiger partial charge in [-0.05, 0) is 30.7 Å². The van der Waals surface area contributed by atoms with Gasteiger partial charge in [-0.3, -0.25) is 14.4 Å². The van der Waals surface area contributed by atoms with E-state index in [1.807, 2.05) is 12.1 Å².